The van der Waals surface area contributed by atoms with Crippen LogP contribution in [0.1, 0.15) is 27.3 Å². The Morgan fingerprint density at radius 1 is 1.08 bits per heavy atom. The average Bonchev–Trinajstić information content (AvgIpc) is 2.55. The van der Waals surface area contributed by atoms with E-state index in [-0.39, 0.29) is 22.3 Å². The zero-order valence-corrected chi connectivity index (χ0v) is 13.1. The first-order valence-corrected chi connectivity index (χ1v) is 7.41. The summed E-state index contributed by atoms with van der Waals surface area (Å²) in [4.78, 5) is 20.0. The second-order valence-electron chi connectivity index (χ2n) is 5.63. The number of phenols is 1. The van der Waals surface area contributed by atoms with Crippen LogP contribution in [0, 0.1) is 6.92 Å². The minimum atomic E-state index is -4.73. The number of benzene rings is 2. The minimum Gasteiger partial charge on any atom is -0.507 e. The molecule has 0 spiro atoms. The highest BCUT2D eigenvalue weighted by Crippen LogP contribution is 2.32. The lowest BCUT2D eigenvalue weighted by Gasteiger charge is -2.12. The van der Waals surface area contributed by atoms with E-state index in [1.54, 1.807) is 25.1 Å². The van der Waals surface area contributed by atoms with Gasteiger partial charge in [-0.15, -0.1) is 0 Å². The lowest BCUT2D eigenvalue weighted by Crippen LogP contribution is -2.17. The average molecular weight is 346 g/mol. The number of phenolic OH excluding ortho intramolecular Hbond substituents is 1. The molecule has 4 nitrogen and oxygen atoms in total. The zero-order chi connectivity index (χ0) is 18.2. The molecule has 0 atom stereocenters. The summed E-state index contributed by atoms with van der Waals surface area (Å²) in [6, 6.07) is 10.5. The summed E-state index contributed by atoms with van der Waals surface area (Å²) in [5.41, 5.74) is -0.607. The van der Waals surface area contributed by atoms with Crippen molar-refractivity contribution in [1.82, 2.24) is 9.97 Å². The minimum absolute atomic E-state index is 0.0388. The van der Waals surface area contributed by atoms with Gasteiger partial charge < -0.3 is 5.11 Å². The van der Waals surface area contributed by atoms with Gasteiger partial charge in [0.2, 0.25) is 0 Å². The van der Waals surface area contributed by atoms with E-state index in [9.17, 15) is 23.1 Å². The molecule has 25 heavy (non-hydrogen) atoms. The number of para-hydroxylation sites is 2. The van der Waals surface area contributed by atoms with Gasteiger partial charge in [-0.3, -0.25) is 4.79 Å². The first-order chi connectivity index (χ1) is 11.8. The van der Waals surface area contributed by atoms with E-state index in [4.69, 9.17) is 0 Å². The number of carbonyl (C=O) groups excluding carboxylic acids is 1. The second kappa shape index (κ2) is 6.16. The van der Waals surface area contributed by atoms with Crippen LogP contribution in [0.4, 0.5) is 13.2 Å². The molecule has 7 heteroatoms. The lowest BCUT2D eigenvalue weighted by molar-refractivity contribution is -0.141. The molecule has 3 aromatic rings. The molecule has 1 N–H and O–H groups in total. The van der Waals surface area contributed by atoms with Gasteiger partial charge in [0.05, 0.1) is 28.7 Å². The molecule has 1 heterocycles. The fraction of sp³-hybridized carbons (Fsp3) is 0.167. The van der Waals surface area contributed by atoms with E-state index in [2.05, 4.69) is 9.97 Å². The molecule has 0 saturated heterocycles. The van der Waals surface area contributed by atoms with E-state index in [1.807, 2.05) is 0 Å². The second-order valence-corrected chi connectivity index (χ2v) is 5.63. The molecule has 0 fully saturated rings. The maximum absolute atomic E-state index is 13.3. The highest BCUT2D eigenvalue weighted by Gasteiger charge is 2.37. The van der Waals surface area contributed by atoms with E-state index in [1.165, 1.54) is 24.3 Å². The number of aryl methyl sites for hydroxylation is 1. The van der Waals surface area contributed by atoms with Crippen LogP contribution in [-0.2, 0) is 12.6 Å². The van der Waals surface area contributed by atoms with Crippen molar-refractivity contribution in [2.75, 3.05) is 0 Å². The van der Waals surface area contributed by atoms with Crippen LogP contribution < -0.4 is 0 Å². The summed E-state index contributed by atoms with van der Waals surface area (Å²) in [6.45, 7) is 1.72. The molecule has 0 saturated carbocycles. The number of rotatable bonds is 3. The summed E-state index contributed by atoms with van der Waals surface area (Å²) in [6.07, 6.45) is -5.34. The van der Waals surface area contributed by atoms with Crippen molar-refractivity contribution in [3.05, 3.63) is 65.0 Å². The number of nitrogens with zero attached hydrogens (tertiary/aromatic N) is 2. The quantitative estimate of drug-likeness (QED) is 0.726. The fourth-order valence-electron chi connectivity index (χ4n) is 2.51. The molecule has 0 bridgehead atoms. The summed E-state index contributed by atoms with van der Waals surface area (Å²) in [7, 11) is 0. The van der Waals surface area contributed by atoms with E-state index < -0.39 is 29.8 Å². The number of aromatic nitrogens is 2. The molecule has 1 aromatic heterocycles. The first kappa shape index (κ1) is 16.9. The Bertz CT molecular complexity index is 968. The number of hydrogen-bond acceptors (Lipinski definition) is 4. The van der Waals surface area contributed by atoms with Gasteiger partial charge in [-0.2, -0.15) is 13.2 Å². The molecule has 3 rings (SSSR count). The summed E-state index contributed by atoms with van der Waals surface area (Å²) in [5.74, 6) is -0.936. The normalized spacial score (nSPS) is 11.7. The molecule has 128 valence electrons. The van der Waals surface area contributed by atoms with Crippen molar-refractivity contribution in [2.24, 2.45) is 0 Å². The third-order valence-corrected chi connectivity index (χ3v) is 3.69. The summed E-state index contributed by atoms with van der Waals surface area (Å²) >= 11 is 0. The third-order valence-electron chi connectivity index (χ3n) is 3.69. The van der Waals surface area contributed by atoms with Gasteiger partial charge >= 0.3 is 6.18 Å². The maximum atomic E-state index is 13.3. The SMILES string of the molecule is Cc1ccc(O)c(C(=O)Cc2nc3ccccc3nc2C(F)(F)F)c1. The molecule has 0 aliphatic heterocycles. The van der Waals surface area contributed by atoms with Gasteiger partial charge in [-0.1, -0.05) is 23.8 Å². The third kappa shape index (κ3) is 3.45. The van der Waals surface area contributed by atoms with Gasteiger partial charge in [-0.25, -0.2) is 9.97 Å². The van der Waals surface area contributed by atoms with E-state index >= 15 is 0 Å². The van der Waals surface area contributed by atoms with E-state index in [0.717, 1.165) is 0 Å². The van der Waals surface area contributed by atoms with Gasteiger partial charge in [0.25, 0.3) is 0 Å². The fourth-order valence-corrected chi connectivity index (χ4v) is 2.51. The number of ketones is 1. The largest absolute Gasteiger partial charge is 0.507 e. The van der Waals surface area contributed by atoms with Crippen molar-refractivity contribution in [2.45, 2.75) is 19.5 Å². The molecule has 0 amide bonds. The molecule has 2 aromatic carbocycles. The molecule has 0 unspecified atom stereocenters. The van der Waals surface area contributed by atoms with Crippen molar-refractivity contribution in [3.63, 3.8) is 0 Å². The molecule has 0 aliphatic rings. The van der Waals surface area contributed by atoms with Gasteiger partial charge in [-0.05, 0) is 31.2 Å². The van der Waals surface area contributed by atoms with Gasteiger partial charge in [0.15, 0.2) is 11.5 Å². The van der Waals surface area contributed by atoms with E-state index in [0.29, 0.717) is 5.56 Å². The highest BCUT2D eigenvalue weighted by atomic mass is 19.4. The number of halogens is 3. The maximum Gasteiger partial charge on any atom is 0.435 e. The van der Waals surface area contributed by atoms with Crippen molar-refractivity contribution < 1.29 is 23.1 Å². The van der Waals surface area contributed by atoms with Crippen LogP contribution in [-0.4, -0.2) is 20.9 Å². The molecule has 0 aliphatic carbocycles. The van der Waals surface area contributed by atoms with Crippen molar-refractivity contribution in [3.8, 4) is 5.75 Å². The monoisotopic (exact) mass is 346 g/mol. The van der Waals surface area contributed by atoms with Gasteiger partial charge in [0, 0.05) is 0 Å². The Labute approximate surface area is 141 Å². The van der Waals surface area contributed by atoms with Crippen LogP contribution in [0.25, 0.3) is 11.0 Å². The Morgan fingerprint density at radius 2 is 1.72 bits per heavy atom. The van der Waals surface area contributed by atoms with Gasteiger partial charge in [0.1, 0.15) is 5.75 Å². The Balaban J connectivity index is 2.08. The number of alkyl halides is 3. The predicted octanol–water partition coefficient (Wildman–Crippen LogP) is 4.09. The first-order valence-electron chi connectivity index (χ1n) is 7.41. The molecular formula is C18H13F3N2O2. The Hall–Kier alpha value is -2.96. The number of aromatic hydroxyl groups is 1. The predicted molar refractivity (Wildman–Crippen MR) is 85.4 cm³/mol. The lowest BCUT2D eigenvalue weighted by atomic mass is 10.0. The Kier molecular flexibility index (Phi) is 4.16. The van der Waals surface area contributed by atoms with Crippen molar-refractivity contribution in [1.29, 1.82) is 0 Å². The summed E-state index contributed by atoms with van der Waals surface area (Å²) in [5, 5.41) is 9.81. The summed E-state index contributed by atoms with van der Waals surface area (Å²) < 4.78 is 39.9. The van der Waals surface area contributed by atoms with Crippen LogP contribution in [0.5, 0.6) is 5.75 Å². The van der Waals surface area contributed by atoms with Crippen molar-refractivity contribution >= 4 is 16.8 Å². The number of hydrogen-bond donors (Lipinski definition) is 1. The number of fused-ring (bicyclic) bond motifs is 1. The topological polar surface area (TPSA) is 63.1 Å². The standard InChI is InChI=1S/C18H13F3N2O2/c1-10-6-7-15(24)11(8-10)16(25)9-14-17(18(19,20)21)23-13-5-3-2-4-12(13)22-14/h2-8,24H,9H2,1H3. The molecular weight excluding hydrogens is 333 g/mol. The zero-order valence-electron chi connectivity index (χ0n) is 13.1. The molecule has 0 radical (unpaired) electrons. The van der Waals surface area contributed by atoms with Crippen LogP contribution in [0.3, 0.4) is 0 Å². The highest BCUT2D eigenvalue weighted by molar-refractivity contribution is 6.00. The van der Waals surface area contributed by atoms with Crippen LogP contribution in [0.15, 0.2) is 42.5 Å². The smallest absolute Gasteiger partial charge is 0.435 e. The van der Waals surface area contributed by atoms with Crippen LogP contribution >= 0.6 is 0 Å². The van der Waals surface area contributed by atoms with Crippen LogP contribution in [0.2, 0.25) is 0 Å². The number of carbonyl (C=O) groups is 1. The Morgan fingerprint density at radius 3 is 2.36 bits per heavy atom. The number of Topliss-reactive ketones (excluding diaryl/α,β-unsaturated/α-hetero) is 1.